The molecule has 1 N–H and O–H groups in total. The standard InChI is InChI=1S/C16H28O/c1-11(14(4)17)8-10-15-12(2)7-9-13(3)16(15,5)6/h7-8,10-11,13-15,17H,9H2,1-6H3. The highest BCUT2D eigenvalue weighted by atomic mass is 16.3. The van der Waals surface area contributed by atoms with Crippen molar-refractivity contribution in [2.24, 2.45) is 23.2 Å². The lowest BCUT2D eigenvalue weighted by Gasteiger charge is -2.42. The Morgan fingerprint density at radius 3 is 2.53 bits per heavy atom. The molecule has 1 heteroatoms. The van der Waals surface area contributed by atoms with Crippen LogP contribution in [0.2, 0.25) is 0 Å². The number of allylic oxidation sites excluding steroid dienone is 3. The van der Waals surface area contributed by atoms with Crippen molar-refractivity contribution in [1.82, 2.24) is 0 Å². The highest BCUT2D eigenvalue weighted by molar-refractivity contribution is 5.20. The summed E-state index contributed by atoms with van der Waals surface area (Å²) in [5, 5.41) is 9.53. The Morgan fingerprint density at radius 2 is 2.00 bits per heavy atom. The number of rotatable bonds is 3. The van der Waals surface area contributed by atoms with Crippen LogP contribution in [0.1, 0.15) is 48.0 Å². The van der Waals surface area contributed by atoms with Gasteiger partial charge in [-0.2, -0.15) is 0 Å². The Bertz CT molecular complexity index is 309. The van der Waals surface area contributed by atoms with Gasteiger partial charge in [0.05, 0.1) is 6.10 Å². The van der Waals surface area contributed by atoms with Crippen molar-refractivity contribution >= 4 is 0 Å². The van der Waals surface area contributed by atoms with Gasteiger partial charge in [-0.1, -0.05) is 51.5 Å². The maximum absolute atomic E-state index is 9.53. The SMILES string of the molecule is CC1=CCC(C)C(C)(C)C1C=CC(C)C(C)O. The summed E-state index contributed by atoms with van der Waals surface area (Å²) in [5.41, 5.74) is 1.79. The van der Waals surface area contributed by atoms with E-state index in [2.05, 4.69) is 52.8 Å². The summed E-state index contributed by atoms with van der Waals surface area (Å²) in [4.78, 5) is 0. The Morgan fingerprint density at radius 1 is 1.41 bits per heavy atom. The number of aliphatic hydroxyl groups is 1. The zero-order valence-electron chi connectivity index (χ0n) is 12.2. The minimum Gasteiger partial charge on any atom is -0.393 e. The van der Waals surface area contributed by atoms with Crippen LogP contribution >= 0.6 is 0 Å². The zero-order chi connectivity index (χ0) is 13.2. The van der Waals surface area contributed by atoms with Crippen LogP contribution in [0.3, 0.4) is 0 Å². The molecule has 0 aromatic carbocycles. The van der Waals surface area contributed by atoms with Gasteiger partial charge in [-0.15, -0.1) is 0 Å². The van der Waals surface area contributed by atoms with Crippen LogP contribution < -0.4 is 0 Å². The van der Waals surface area contributed by atoms with Crippen molar-refractivity contribution in [2.45, 2.75) is 54.1 Å². The van der Waals surface area contributed by atoms with E-state index in [0.29, 0.717) is 17.3 Å². The molecule has 1 nitrogen and oxygen atoms in total. The first kappa shape index (κ1) is 14.5. The van der Waals surface area contributed by atoms with E-state index in [1.54, 1.807) is 0 Å². The van der Waals surface area contributed by atoms with Gasteiger partial charge >= 0.3 is 0 Å². The second kappa shape index (κ2) is 5.39. The lowest BCUT2D eigenvalue weighted by molar-refractivity contribution is 0.152. The first-order valence-electron chi connectivity index (χ1n) is 6.79. The molecule has 0 aromatic heterocycles. The Hall–Kier alpha value is -0.560. The number of aliphatic hydroxyl groups excluding tert-OH is 1. The summed E-state index contributed by atoms with van der Waals surface area (Å²) in [6, 6.07) is 0. The van der Waals surface area contributed by atoms with Crippen molar-refractivity contribution in [3.05, 3.63) is 23.8 Å². The third kappa shape index (κ3) is 3.22. The molecular formula is C16H28O. The van der Waals surface area contributed by atoms with E-state index < -0.39 is 0 Å². The molecule has 1 rings (SSSR count). The molecule has 17 heavy (non-hydrogen) atoms. The fraction of sp³-hybridized carbons (Fsp3) is 0.750. The van der Waals surface area contributed by atoms with Crippen molar-refractivity contribution in [1.29, 1.82) is 0 Å². The van der Waals surface area contributed by atoms with Gasteiger partial charge in [0.15, 0.2) is 0 Å². The summed E-state index contributed by atoms with van der Waals surface area (Å²) >= 11 is 0. The molecule has 1 aliphatic rings. The van der Waals surface area contributed by atoms with E-state index in [9.17, 15) is 5.11 Å². The normalized spacial score (nSPS) is 32.3. The molecule has 0 heterocycles. The molecule has 0 saturated carbocycles. The van der Waals surface area contributed by atoms with Crippen molar-refractivity contribution < 1.29 is 5.11 Å². The molecule has 4 unspecified atom stereocenters. The largest absolute Gasteiger partial charge is 0.393 e. The molecule has 4 atom stereocenters. The van der Waals surface area contributed by atoms with E-state index in [1.807, 2.05) is 6.92 Å². The van der Waals surface area contributed by atoms with Crippen LogP contribution in [0, 0.1) is 23.2 Å². The second-order valence-corrected chi connectivity index (χ2v) is 6.37. The molecule has 0 saturated heterocycles. The highest BCUT2D eigenvalue weighted by Crippen LogP contribution is 2.45. The smallest absolute Gasteiger partial charge is 0.0572 e. The topological polar surface area (TPSA) is 20.2 Å². The second-order valence-electron chi connectivity index (χ2n) is 6.37. The van der Waals surface area contributed by atoms with Crippen LogP contribution in [0.4, 0.5) is 0 Å². The molecule has 0 radical (unpaired) electrons. The van der Waals surface area contributed by atoms with E-state index >= 15 is 0 Å². The molecule has 0 aliphatic heterocycles. The Labute approximate surface area is 107 Å². The molecule has 0 aromatic rings. The third-order valence-corrected chi connectivity index (χ3v) is 4.72. The maximum atomic E-state index is 9.53. The fourth-order valence-electron chi connectivity index (χ4n) is 2.53. The Kier molecular flexibility index (Phi) is 4.60. The molecule has 0 amide bonds. The lowest BCUT2D eigenvalue weighted by atomic mass is 9.63. The molecule has 0 fully saturated rings. The van der Waals surface area contributed by atoms with Crippen molar-refractivity contribution in [2.75, 3.05) is 0 Å². The van der Waals surface area contributed by atoms with Gasteiger partial charge in [-0.25, -0.2) is 0 Å². The van der Waals surface area contributed by atoms with Crippen LogP contribution in [-0.2, 0) is 0 Å². The molecular weight excluding hydrogens is 208 g/mol. The van der Waals surface area contributed by atoms with E-state index in [0.717, 1.165) is 0 Å². The monoisotopic (exact) mass is 236 g/mol. The van der Waals surface area contributed by atoms with Gasteiger partial charge in [-0.3, -0.25) is 0 Å². The van der Waals surface area contributed by atoms with Gasteiger partial charge in [0.2, 0.25) is 0 Å². The average molecular weight is 236 g/mol. The third-order valence-electron chi connectivity index (χ3n) is 4.72. The van der Waals surface area contributed by atoms with E-state index in [-0.39, 0.29) is 12.0 Å². The fourth-order valence-corrected chi connectivity index (χ4v) is 2.53. The predicted molar refractivity (Wildman–Crippen MR) is 74.8 cm³/mol. The minimum absolute atomic E-state index is 0.232. The van der Waals surface area contributed by atoms with Crippen LogP contribution in [0.5, 0.6) is 0 Å². The van der Waals surface area contributed by atoms with Gasteiger partial charge in [0.25, 0.3) is 0 Å². The minimum atomic E-state index is -0.264. The molecule has 0 spiro atoms. The number of hydrogen-bond donors (Lipinski definition) is 1. The number of hydrogen-bond acceptors (Lipinski definition) is 1. The summed E-state index contributed by atoms with van der Waals surface area (Å²) in [7, 11) is 0. The molecule has 98 valence electrons. The predicted octanol–water partition coefficient (Wildman–Crippen LogP) is 4.19. The maximum Gasteiger partial charge on any atom is 0.0572 e. The first-order valence-corrected chi connectivity index (χ1v) is 6.79. The Balaban J connectivity index is 2.87. The van der Waals surface area contributed by atoms with Crippen LogP contribution in [0.25, 0.3) is 0 Å². The summed E-state index contributed by atoms with van der Waals surface area (Å²) in [5.74, 6) is 1.45. The average Bonchev–Trinajstić information content (AvgIpc) is 2.23. The summed E-state index contributed by atoms with van der Waals surface area (Å²) in [6.07, 6.45) is 7.78. The quantitative estimate of drug-likeness (QED) is 0.729. The van der Waals surface area contributed by atoms with Gasteiger partial charge in [0, 0.05) is 5.92 Å². The van der Waals surface area contributed by atoms with Gasteiger partial charge < -0.3 is 5.11 Å². The first-order chi connectivity index (χ1) is 7.76. The van der Waals surface area contributed by atoms with Crippen molar-refractivity contribution in [3.63, 3.8) is 0 Å². The highest BCUT2D eigenvalue weighted by Gasteiger charge is 2.36. The molecule has 0 bridgehead atoms. The van der Waals surface area contributed by atoms with Gasteiger partial charge in [0.1, 0.15) is 0 Å². The van der Waals surface area contributed by atoms with Gasteiger partial charge in [-0.05, 0) is 37.5 Å². The zero-order valence-corrected chi connectivity index (χ0v) is 12.2. The summed E-state index contributed by atoms with van der Waals surface area (Å²) < 4.78 is 0. The summed E-state index contributed by atoms with van der Waals surface area (Å²) in [6.45, 7) is 13.2. The van der Waals surface area contributed by atoms with E-state index in [1.165, 1.54) is 12.0 Å². The van der Waals surface area contributed by atoms with E-state index in [4.69, 9.17) is 0 Å². The van der Waals surface area contributed by atoms with Crippen molar-refractivity contribution in [3.8, 4) is 0 Å². The molecule has 1 aliphatic carbocycles. The lowest BCUT2D eigenvalue weighted by Crippen LogP contribution is -2.33. The van der Waals surface area contributed by atoms with Crippen LogP contribution in [-0.4, -0.2) is 11.2 Å². The van der Waals surface area contributed by atoms with Crippen LogP contribution in [0.15, 0.2) is 23.8 Å².